The van der Waals surface area contributed by atoms with Crippen LogP contribution in [0, 0.1) is 0 Å². The van der Waals surface area contributed by atoms with Crippen molar-refractivity contribution in [1.82, 2.24) is 5.32 Å². The molecule has 2 aromatic rings. The van der Waals surface area contributed by atoms with Crippen molar-refractivity contribution >= 4 is 29.1 Å². The first-order chi connectivity index (χ1) is 13.7. The summed E-state index contributed by atoms with van der Waals surface area (Å²) in [6.07, 6.45) is -3.20. The average Bonchev–Trinajstić information content (AvgIpc) is 3.11. The normalized spacial score (nSPS) is 14.2. The quantitative estimate of drug-likeness (QED) is 0.747. The van der Waals surface area contributed by atoms with Gasteiger partial charge in [0.25, 0.3) is 5.91 Å². The molecule has 1 fully saturated rings. The van der Waals surface area contributed by atoms with E-state index in [1.807, 2.05) is 0 Å². The monoisotopic (exact) mass is 426 g/mol. The fraction of sp³-hybridized carbons (Fsp3) is 0.300. The number of hydrogen-bond acceptors (Lipinski definition) is 3. The topological polar surface area (TPSA) is 58.6 Å². The molecule has 1 heterocycles. The molecule has 0 bridgehead atoms. The second kappa shape index (κ2) is 8.73. The van der Waals surface area contributed by atoms with Crippen molar-refractivity contribution in [3.63, 3.8) is 0 Å². The van der Waals surface area contributed by atoms with Crippen LogP contribution < -0.4 is 15.0 Å². The fourth-order valence-electron chi connectivity index (χ4n) is 2.92. The minimum absolute atomic E-state index is 0.0303. The number of ether oxygens (including phenoxy) is 1. The standard InChI is InChI=1S/C20H18ClF3N2O3/c21-16-8-5-14(10-17(16)26-9-1-2-18(26)27)19(28)25-11-13-3-6-15(7-4-13)29-12-20(22,23)24/h3-8,10H,1-2,9,11-12H2,(H,25,28). The maximum Gasteiger partial charge on any atom is 0.422 e. The summed E-state index contributed by atoms with van der Waals surface area (Å²) < 4.78 is 41.1. The molecule has 2 amide bonds. The lowest BCUT2D eigenvalue weighted by Crippen LogP contribution is -2.26. The SMILES string of the molecule is O=C(NCc1ccc(OCC(F)(F)F)cc1)c1ccc(Cl)c(N2CCCC2=O)c1. The van der Waals surface area contributed by atoms with E-state index >= 15 is 0 Å². The molecule has 0 atom stereocenters. The summed E-state index contributed by atoms with van der Waals surface area (Å²) in [5.74, 6) is -0.292. The van der Waals surface area contributed by atoms with Crippen LogP contribution in [0.25, 0.3) is 0 Å². The molecule has 0 radical (unpaired) electrons. The van der Waals surface area contributed by atoms with Crippen LogP contribution in [0.2, 0.25) is 5.02 Å². The Hall–Kier alpha value is -2.74. The third kappa shape index (κ3) is 5.63. The Labute approximate surface area is 170 Å². The summed E-state index contributed by atoms with van der Waals surface area (Å²) in [5, 5.41) is 3.13. The van der Waals surface area contributed by atoms with Gasteiger partial charge in [-0.2, -0.15) is 13.2 Å². The Balaban J connectivity index is 1.60. The number of halogens is 4. The van der Waals surface area contributed by atoms with Gasteiger partial charge in [-0.25, -0.2) is 0 Å². The third-order valence-electron chi connectivity index (χ3n) is 4.35. The van der Waals surface area contributed by atoms with Crippen molar-refractivity contribution in [1.29, 1.82) is 0 Å². The van der Waals surface area contributed by atoms with E-state index in [9.17, 15) is 22.8 Å². The van der Waals surface area contributed by atoms with Crippen LogP contribution in [0.4, 0.5) is 18.9 Å². The third-order valence-corrected chi connectivity index (χ3v) is 4.67. The van der Waals surface area contributed by atoms with Gasteiger partial charge in [0.05, 0.1) is 10.7 Å². The molecule has 0 aliphatic carbocycles. The van der Waals surface area contributed by atoms with E-state index in [1.165, 1.54) is 12.1 Å². The number of alkyl halides is 3. The van der Waals surface area contributed by atoms with Crippen LogP contribution in [-0.4, -0.2) is 31.1 Å². The maximum absolute atomic E-state index is 12.5. The lowest BCUT2D eigenvalue weighted by molar-refractivity contribution is -0.153. The average molecular weight is 427 g/mol. The van der Waals surface area contributed by atoms with Gasteiger partial charge in [0, 0.05) is 25.1 Å². The Morgan fingerprint density at radius 2 is 1.90 bits per heavy atom. The molecule has 154 valence electrons. The molecule has 29 heavy (non-hydrogen) atoms. The van der Waals surface area contributed by atoms with E-state index in [1.54, 1.807) is 35.2 Å². The highest BCUT2D eigenvalue weighted by Gasteiger charge is 2.28. The van der Waals surface area contributed by atoms with Crippen molar-refractivity contribution in [3.8, 4) is 5.75 Å². The van der Waals surface area contributed by atoms with Gasteiger partial charge in [0.2, 0.25) is 5.91 Å². The first kappa shape index (κ1) is 21.0. The summed E-state index contributed by atoms with van der Waals surface area (Å²) in [5.41, 5.74) is 1.56. The van der Waals surface area contributed by atoms with E-state index in [0.717, 1.165) is 6.42 Å². The van der Waals surface area contributed by atoms with E-state index in [-0.39, 0.29) is 24.1 Å². The molecule has 0 saturated carbocycles. The van der Waals surface area contributed by atoms with Crippen LogP contribution in [0.3, 0.4) is 0 Å². The van der Waals surface area contributed by atoms with Gasteiger partial charge in [-0.1, -0.05) is 23.7 Å². The Morgan fingerprint density at radius 1 is 1.17 bits per heavy atom. The summed E-state index contributed by atoms with van der Waals surface area (Å²) in [6.45, 7) is -0.618. The lowest BCUT2D eigenvalue weighted by atomic mass is 10.1. The zero-order valence-corrected chi connectivity index (χ0v) is 16.0. The second-order valence-corrected chi connectivity index (χ2v) is 6.95. The van der Waals surface area contributed by atoms with Crippen molar-refractivity contribution in [2.45, 2.75) is 25.6 Å². The molecule has 3 rings (SSSR count). The predicted octanol–water partition coefficient (Wildman–Crippen LogP) is 4.34. The summed E-state index contributed by atoms with van der Waals surface area (Å²) in [4.78, 5) is 26.0. The Morgan fingerprint density at radius 3 is 2.52 bits per heavy atom. The maximum atomic E-state index is 12.5. The lowest BCUT2D eigenvalue weighted by Gasteiger charge is -2.18. The van der Waals surface area contributed by atoms with Gasteiger partial charge in [-0.3, -0.25) is 9.59 Å². The summed E-state index contributed by atoms with van der Waals surface area (Å²) in [6, 6.07) is 10.7. The highest BCUT2D eigenvalue weighted by molar-refractivity contribution is 6.34. The van der Waals surface area contributed by atoms with Crippen LogP contribution in [0.5, 0.6) is 5.75 Å². The fourth-order valence-corrected chi connectivity index (χ4v) is 3.14. The number of anilines is 1. The number of carbonyl (C=O) groups excluding carboxylic acids is 2. The number of nitrogens with zero attached hydrogens (tertiary/aromatic N) is 1. The second-order valence-electron chi connectivity index (χ2n) is 6.55. The van der Waals surface area contributed by atoms with Gasteiger partial charge < -0.3 is 15.0 Å². The van der Waals surface area contributed by atoms with Crippen LogP contribution in [-0.2, 0) is 11.3 Å². The highest BCUT2D eigenvalue weighted by atomic mass is 35.5. The number of rotatable bonds is 6. The number of hydrogen-bond donors (Lipinski definition) is 1. The molecule has 9 heteroatoms. The first-order valence-corrected chi connectivity index (χ1v) is 9.27. The smallest absolute Gasteiger partial charge is 0.422 e. The molecular weight excluding hydrogens is 409 g/mol. The molecule has 5 nitrogen and oxygen atoms in total. The van der Waals surface area contributed by atoms with Crippen molar-refractivity contribution < 1.29 is 27.5 Å². The van der Waals surface area contributed by atoms with Crippen molar-refractivity contribution in [2.24, 2.45) is 0 Å². The zero-order chi connectivity index (χ0) is 21.0. The van der Waals surface area contributed by atoms with E-state index < -0.39 is 12.8 Å². The van der Waals surface area contributed by atoms with Gasteiger partial charge in [-0.15, -0.1) is 0 Å². The van der Waals surface area contributed by atoms with E-state index in [4.69, 9.17) is 11.6 Å². The predicted molar refractivity (Wildman–Crippen MR) is 102 cm³/mol. The van der Waals surface area contributed by atoms with Crippen molar-refractivity contribution in [3.05, 3.63) is 58.6 Å². The molecule has 1 saturated heterocycles. The minimum Gasteiger partial charge on any atom is -0.484 e. The number of nitrogens with one attached hydrogen (secondary N) is 1. The van der Waals surface area contributed by atoms with Gasteiger partial charge in [0.1, 0.15) is 5.75 Å². The Bertz CT molecular complexity index is 901. The van der Waals surface area contributed by atoms with Crippen LogP contribution in [0.15, 0.2) is 42.5 Å². The molecule has 0 unspecified atom stereocenters. The molecule has 1 aliphatic rings. The van der Waals surface area contributed by atoms with Gasteiger partial charge >= 0.3 is 6.18 Å². The molecule has 0 aromatic heterocycles. The van der Waals surface area contributed by atoms with Crippen LogP contribution >= 0.6 is 11.6 Å². The molecule has 0 spiro atoms. The molecule has 2 aromatic carbocycles. The first-order valence-electron chi connectivity index (χ1n) is 8.89. The van der Waals surface area contributed by atoms with E-state index in [0.29, 0.717) is 34.8 Å². The summed E-state index contributed by atoms with van der Waals surface area (Å²) in [7, 11) is 0. The zero-order valence-electron chi connectivity index (χ0n) is 15.3. The van der Waals surface area contributed by atoms with E-state index in [2.05, 4.69) is 10.1 Å². The highest BCUT2D eigenvalue weighted by Crippen LogP contribution is 2.30. The van der Waals surface area contributed by atoms with Gasteiger partial charge in [-0.05, 0) is 42.3 Å². The Kier molecular flexibility index (Phi) is 6.32. The largest absolute Gasteiger partial charge is 0.484 e. The number of carbonyl (C=O) groups is 2. The minimum atomic E-state index is -4.40. The molecule has 1 aliphatic heterocycles. The molecule has 1 N–H and O–H groups in total. The molecular formula is C20H18ClF3N2O3. The summed E-state index contributed by atoms with van der Waals surface area (Å²) >= 11 is 6.18. The number of amides is 2. The van der Waals surface area contributed by atoms with Gasteiger partial charge in [0.15, 0.2) is 6.61 Å². The number of benzene rings is 2. The van der Waals surface area contributed by atoms with Crippen LogP contribution in [0.1, 0.15) is 28.8 Å². The van der Waals surface area contributed by atoms with Crippen molar-refractivity contribution in [2.75, 3.05) is 18.1 Å².